The number of nitrogens with one attached hydrogen (secondary N) is 1. The van der Waals surface area contributed by atoms with E-state index in [1.54, 1.807) is 23.7 Å². The molecule has 3 aromatic rings. The van der Waals surface area contributed by atoms with Gasteiger partial charge in [0.25, 0.3) is 0 Å². The Morgan fingerprint density at radius 3 is 2.69 bits per heavy atom. The van der Waals surface area contributed by atoms with Gasteiger partial charge in [-0.3, -0.25) is 10.0 Å². The summed E-state index contributed by atoms with van der Waals surface area (Å²) < 4.78 is 7.66. The summed E-state index contributed by atoms with van der Waals surface area (Å²) >= 11 is 0. The highest BCUT2D eigenvalue weighted by Gasteiger charge is 2.20. The fourth-order valence-electron chi connectivity index (χ4n) is 4.00. The zero-order chi connectivity index (χ0) is 22.3. The van der Waals surface area contributed by atoms with E-state index in [2.05, 4.69) is 21.7 Å². The molecule has 9 heteroatoms. The molecular weight excluding hydrogens is 410 g/mol. The summed E-state index contributed by atoms with van der Waals surface area (Å²) in [5.41, 5.74) is 3.32. The van der Waals surface area contributed by atoms with Crippen LogP contribution in [0.2, 0.25) is 0 Å². The predicted octanol–water partition coefficient (Wildman–Crippen LogP) is 3.10. The number of hydrogen-bond acceptors (Lipinski definition) is 7. The van der Waals surface area contributed by atoms with Gasteiger partial charge < -0.3 is 19.3 Å². The third kappa shape index (κ3) is 5.17. The number of phenolic OH excluding ortho intramolecular Hbond substituents is 1. The largest absolute Gasteiger partial charge is 0.508 e. The maximum absolute atomic E-state index is 11.1. The van der Waals surface area contributed by atoms with E-state index in [0.29, 0.717) is 25.5 Å². The van der Waals surface area contributed by atoms with Crippen LogP contribution < -0.4 is 10.4 Å². The third-order valence-corrected chi connectivity index (χ3v) is 5.69. The molecule has 1 amide bonds. The molecule has 3 heterocycles. The van der Waals surface area contributed by atoms with Gasteiger partial charge in [0, 0.05) is 37.8 Å². The van der Waals surface area contributed by atoms with Crippen LogP contribution in [-0.4, -0.2) is 57.1 Å². The lowest BCUT2D eigenvalue weighted by atomic mass is 10.1. The van der Waals surface area contributed by atoms with E-state index >= 15 is 0 Å². The Bertz CT molecular complexity index is 1060. The molecule has 0 atom stereocenters. The second kappa shape index (κ2) is 10.4. The van der Waals surface area contributed by atoms with Gasteiger partial charge in [0.1, 0.15) is 17.2 Å². The number of phenols is 1. The minimum absolute atomic E-state index is 0.185. The maximum Gasteiger partial charge on any atom is 0.243 e. The molecule has 1 fully saturated rings. The SMILES string of the molecule is O=C(CCCCCCn1ccc2c(N3CCOCC3)nc(-c3cccc(O)c3)nc21)NO. The minimum Gasteiger partial charge on any atom is -0.508 e. The Morgan fingerprint density at radius 1 is 1.09 bits per heavy atom. The van der Waals surface area contributed by atoms with Crippen molar-refractivity contribution in [1.82, 2.24) is 20.0 Å². The second-order valence-electron chi connectivity index (χ2n) is 7.97. The number of benzene rings is 1. The first-order valence-corrected chi connectivity index (χ1v) is 11.1. The van der Waals surface area contributed by atoms with Gasteiger partial charge in [-0.2, -0.15) is 0 Å². The number of rotatable bonds is 9. The molecule has 1 aromatic carbocycles. The summed E-state index contributed by atoms with van der Waals surface area (Å²) in [6.45, 7) is 3.70. The first-order chi connectivity index (χ1) is 15.7. The lowest BCUT2D eigenvalue weighted by Crippen LogP contribution is -2.37. The van der Waals surface area contributed by atoms with Crippen LogP contribution in [0.3, 0.4) is 0 Å². The number of unbranched alkanes of at least 4 members (excludes halogenated alkanes) is 3. The van der Waals surface area contributed by atoms with E-state index in [4.69, 9.17) is 19.9 Å². The van der Waals surface area contributed by atoms with Crippen LogP contribution in [-0.2, 0) is 16.1 Å². The number of anilines is 1. The highest BCUT2D eigenvalue weighted by atomic mass is 16.5. The quantitative estimate of drug-likeness (QED) is 0.267. The number of fused-ring (bicyclic) bond motifs is 1. The van der Waals surface area contributed by atoms with Gasteiger partial charge in [0.15, 0.2) is 5.82 Å². The Hall–Kier alpha value is -3.17. The van der Waals surface area contributed by atoms with Gasteiger partial charge in [-0.25, -0.2) is 15.4 Å². The summed E-state index contributed by atoms with van der Waals surface area (Å²) in [6.07, 6.45) is 6.02. The smallest absolute Gasteiger partial charge is 0.243 e. The number of amides is 1. The number of nitrogens with zero attached hydrogens (tertiary/aromatic N) is 4. The summed E-state index contributed by atoms with van der Waals surface area (Å²) in [6, 6.07) is 9.08. The lowest BCUT2D eigenvalue weighted by Gasteiger charge is -2.28. The van der Waals surface area contributed by atoms with Gasteiger partial charge in [0.05, 0.1) is 18.6 Å². The lowest BCUT2D eigenvalue weighted by molar-refractivity contribution is -0.129. The normalized spacial score (nSPS) is 14.1. The minimum atomic E-state index is -0.340. The Kier molecular flexibility index (Phi) is 7.18. The summed E-state index contributed by atoms with van der Waals surface area (Å²) in [5.74, 6) is 1.33. The molecule has 0 unspecified atom stereocenters. The van der Waals surface area contributed by atoms with E-state index in [9.17, 15) is 9.90 Å². The van der Waals surface area contributed by atoms with E-state index in [1.165, 1.54) is 0 Å². The Labute approximate surface area is 186 Å². The number of hydroxylamine groups is 1. The first kappa shape index (κ1) is 22.0. The van der Waals surface area contributed by atoms with Crippen LogP contribution in [0.5, 0.6) is 5.75 Å². The molecule has 0 aliphatic carbocycles. The molecule has 4 rings (SSSR count). The van der Waals surface area contributed by atoms with Crippen molar-refractivity contribution in [3.63, 3.8) is 0 Å². The number of morpholine rings is 1. The molecule has 0 spiro atoms. The molecule has 0 radical (unpaired) electrons. The van der Waals surface area contributed by atoms with Crippen LogP contribution in [0.1, 0.15) is 32.1 Å². The summed E-state index contributed by atoms with van der Waals surface area (Å²) in [4.78, 5) is 23.1. The van der Waals surface area contributed by atoms with Crippen LogP contribution in [0, 0.1) is 0 Å². The maximum atomic E-state index is 11.1. The van der Waals surface area contributed by atoms with Crippen molar-refractivity contribution in [2.24, 2.45) is 0 Å². The number of aryl methyl sites for hydroxylation is 1. The van der Waals surface area contributed by atoms with Crippen molar-refractivity contribution >= 4 is 22.8 Å². The zero-order valence-corrected chi connectivity index (χ0v) is 18.0. The molecule has 0 saturated carbocycles. The number of aromatic hydroxyl groups is 1. The average molecular weight is 440 g/mol. The van der Waals surface area contributed by atoms with Crippen molar-refractivity contribution in [3.8, 4) is 17.1 Å². The summed E-state index contributed by atoms with van der Waals surface area (Å²) in [5, 5.41) is 19.5. The van der Waals surface area contributed by atoms with Crippen molar-refractivity contribution in [2.45, 2.75) is 38.6 Å². The van der Waals surface area contributed by atoms with Crippen LogP contribution in [0.4, 0.5) is 5.82 Å². The molecule has 1 aliphatic heterocycles. The number of ether oxygens (including phenoxy) is 1. The van der Waals surface area contributed by atoms with Crippen LogP contribution in [0.25, 0.3) is 22.4 Å². The molecular formula is C23H29N5O4. The third-order valence-electron chi connectivity index (χ3n) is 5.69. The molecule has 9 nitrogen and oxygen atoms in total. The van der Waals surface area contributed by atoms with E-state index in [0.717, 1.165) is 67.7 Å². The number of carbonyl (C=O) groups is 1. The first-order valence-electron chi connectivity index (χ1n) is 11.1. The number of carbonyl (C=O) groups excluding carboxylic acids is 1. The van der Waals surface area contributed by atoms with Gasteiger partial charge in [-0.15, -0.1) is 0 Å². The number of aromatic nitrogens is 3. The Morgan fingerprint density at radius 2 is 1.91 bits per heavy atom. The fourth-order valence-corrected chi connectivity index (χ4v) is 4.00. The zero-order valence-electron chi connectivity index (χ0n) is 18.0. The topological polar surface area (TPSA) is 113 Å². The molecule has 0 bridgehead atoms. The highest BCUT2D eigenvalue weighted by molar-refractivity contribution is 5.90. The molecule has 32 heavy (non-hydrogen) atoms. The Balaban J connectivity index is 1.56. The molecule has 3 N–H and O–H groups in total. The number of hydrogen-bond donors (Lipinski definition) is 3. The molecule has 1 aliphatic rings. The van der Waals surface area contributed by atoms with Gasteiger partial charge in [-0.05, 0) is 31.0 Å². The highest BCUT2D eigenvalue weighted by Crippen LogP contribution is 2.30. The second-order valence-corrected chi connectivity index (χ2v) is 7.97. The van der Waals surface area contributed by atoms with E-state index < -0.39 is 0 Å². The van der Waals surface area contributed by atoms with E-state index in [-0.39, 0.29) is 11.7 Å². The van der Waals surface area contributed by atoms with Gasteiger partial charge >= 0.3 is 0 Å². The summed E-state index contributed by atoms with van der Waals surface area (Å²) in [7, 11) is 0. The predicted molar refractivity (Wildman–Crippen MR) is 121 cm³/mol. The van der Waals surface area contributed by atoms with Crippen molar-refractivity contribution in [3.05, 3.63) is 36.5 Å². The average Bonchev–Trinajstić information content (AvgIpc) is 3.24. The molecule has 2 aromatic heterocycles. The van der Waals surface area contributed by atoms with Crippen molar-refractivity contribution in [2.75, 3.05) is 31.2 Å². The van der Waals surface area contributed by atoms with Crippen molar-refractivity contribution < 1.29 is 19.8 Å². The van der Waals surface area contributed by atoms with Gasteiger partial charge in [0.2, 0.25) is 5.91 Å². The molecule has 1 saturated heterocycles. The monoisotopic (exact) mass is 439 g/mol. The standard InChI is InChI=1S/C23H29N5O4/c29-18-7-5-6-17(16-18)21-24-22-19(23(25-21)28-12-14-32-15-13-28)9-11-27(22)10-4-2-1-3-8-20(30)26-31/h5-7,9,11,16,29,31H,1-4,8,10,12-15H2,(H,26,30). The molecule has 170 valence electrons. The van der Waals surface area contributed by atoms with Crippen LogP contribution in [0.15, 0.2) is 36.5 Å². The van der Waals surface area contributed by atoms with Crippen LogP contribution >= 0.6 is 0 Å². The van der Waals surface area contributed by atoms with Crippen molar-refractivity contribution in [1.29, 1.82) is 0 Å². The van der Waals surface area contributed by atoms with Gasteiger partial charge in [-0.1, -0.05) is 25.0 Å². The van der Waals surface area contributed by atoms with E-state index in [1.807, 2.05) is 6.07 Å². The fraction of sp³-hybridized carbons (Fsp3) is 0.435.